The zero-order valence-corrected chi connectivity index (χ0v) is 12.0. The van der Waals surface area contributed by atoms with E-state index in [1.54, 1.807) is 6.07 Å². The third-order valence-electron chi connectivity index (χ3n) is 2.34. The van der Waals surface area contributed by atoms with Crippen LogP contribution in [0.15, 0.2) is 22.8 Å². The SMILES string of the molecule is Cc1cc(C)nc(NC(=O)c2cc(Br)cnc2N)n1. The fourth-order valence-corrected chi connectivity index (χ4v) is 1.91. The van der Waals surface area contributed by atoms with Crippen LogP contribution in [0, 0.1) is 13.8 Å². The third-order valence-corrected chi connectivity index (χ3v) is 2.77. The standard InChI is InChI=1S/C12H12BrN5O/c1-6-3-7(2)17-12(16-6)18-11(19)9-4-8(13)5-15-10(9)14/h3-5H,1-2H3,(H2,14,15)(H,16,17,18,19). The Kier molecular flexibility index (Phi) is 3.75. The molecule has 0 atom stereocenters. The topological polar surface area (TPSA) is 93.8 Å². The number of anilines is 2. The highest BCUT2D eigenvalue weighted by Gasteiger charge is 2.13. The quantitative estimate of drug-likeness (QED) is 0.883. The van der Waals surface area contributed by atoms with Gasteiger partial charge in [-0.15, -0.1) is 0 Å². The van der Waals surface area contributed by atoms with E-state index in [1.807, 2.05) is 19.9 Å². The largest absolute Gasteiger partial charge is 0.383 e. The van der Waals surface area contributed by atoms with Crippen LogP contribution in [0.2, 0.25) is 0 Å². The second kappa shape index (κ2) is 5.31. The lowest BCUT2D eigenvalue weighted by Gasteiger charge is -2.07. The molecule has 0 unspecified atom stereocenters. The Morgan fingerprint density at radius 1 is 1.26 bits per heavy atom. The molecular formula is C12H12BrN5O. The van der Waals surface area contributed by atoms with Crippen molar-refractivity contribution in [2.24, 2.45) is 0 Å². The number of hydrogen-bond acceptors (Lipinski definition) is 5. The first kappa shape index (κ1) is 13.4. The molecule has 6 nitrogen and oxygen atoms in total. The zero-order valence-electron chi connectivity index (χ0n) is 10.4. The molecule has 0 saturated carbocycles. The smallest absolute Gasteiger partial charge is 0.261 e. The van der Waals surface area contributed by atoms with Crippen molar-refractivity contribution in [1.82, 2.24) is 15.0 Å². The van der Waals surface area contributed by atoms with Gasteiger partial charge in [-0.2, -0.15) is 0 Å². The normalized spacial score (nSPS) is 10.3. The Morgan fingerprint density at radius 2 is 1.89 bits per heavy atom. The highest BCUT2D eigenvalue weighted by molar-refractivity contribution is 9.10. The van der Waals surface area contributed by atoms with Crippen molar-refractivity contribution in [1.29, 1.82) is 0 Å². The number of amides is 1. The molecule has 0 bridgehead atoms. The molecular weight excluding hydrogens is 310 g/mol. The number of rotatable bonds is 2. The summed E-state index contributed by atoms with van der Waals surface area (Å²) >= 11 is 3.24. The van der Waals surface area contributed by atoms with E-state index in [0.717, 1.165) is 11.4 Å². The number of nitrogens with one attached hydrogen (secondary N) is 1. The maximum atomic E-state index is 12.1. The van der Waals surface area contributed by atoms with Crippen molar-refractivity contribution in [3.63, 3.8) is 0 Å². The van der Waals surface area contributed by atoms with Gasteiger partial charge in [0.05, 0.1) is 5.56 Å². The van der Waals surface area contributed by atoms with Gasteiger partial charge in [-0.05, 0) is 41.9 Å². The molecule has 7 heteroatoms. The molecule has 98 valence electrons. The number of hydrogen-bond donors (Lipinski definition) is 2. The van der Waals surface area contributed by atoms with Gasteiger partial charge in [0.1, 0.15) is 5.82 Å². The summed E-state index contributed by atoms with van der Waals surface area (Å²) in [7, 11) is 0. The van der Waals surface area contributed by atoms with Crippen LogP contribution in [0.5, 0.6) is 0 Å². The fourth-order valence-electron chi connectivity index (χ4n) is 1.58. The van der Waals surface area contributed by atoms with Crippen LogP contribution >= 0.6 is 15.9 Å². The summed E-state index contributed by atoms with van der Waals surface area (Å²) < 4.78 is 0.674. The number of nitrogen functional groups attached to an aromatic ring is 1. The number of halogens is 1. The molecule has 0 fully saturated rings. The summed E-state index contributed by atoms with van der Waals surface area (Å²) in [6.45, 7) is 3.67. The summed E-state index contributed by atoms with van der Waals surface area (Å²) in [5, 5.41) is 2.61. The lowest BCUT2D eigenvalue weighted by molar-refractivity contribution is 0.102. The summed E-state index contributed by atoms with van der Waals surface area (Å²) in [5.41, 5.74) is 7.51. The highest BCUT2D eigenvalue weighted by Crippen LogP contribution is 2.16. The molecule has 2 rings (SSSR count). The van der Waals surface area contributed by atoms with Gasteiger partial charge < -0.3 is 5.73 Å². The second-order valence-electron chi connectivity index (χ2n) is 4.01. The first-order chi connectivity index (χ1) is 8.95. The van der Waals surface area contributed by atoms with Crippen LogP contribution in [-0.4, -0.2) is 20.9 Å². The van der Waals surface area contributed by atoms with Gasteiger partial charge in [0.25, 0.3) is 5.91 Å². The van der Waals surface area contributed by atoms with Crippen molar-refractivity contribution in [2.45, 2.75) is 13.8 Å². The lowest BCUT2D eigenvalue weighted by Crippen LogP contribution is -2.17. The van der Waals surface area contributed by atoms with Gasteiger partial charge >= 0.3 is 0 Å². The number of pyridine rings is 1. The number of nitrogens with two attached hydrogens (primary N) is 1. The van der Waals surface area contributed by atoms with Gasteiger partial charge in [-0.1, -0.05) is 0 Å². The molecule has 0 aliphatic rings. The second-order valence-corrected chi connectivity index (χ2v) is 4.93. The van der Waals surface area contributed by atoms with Crippen LogP contribution in [0.4, 0.5) is 11.8 Å². The van der Waals surface area contributed by atoms with E-state index in [0.29, 0.717) is 4.47 Å². The van der Waals surface area contributed by atoms with Crippen molar-refractivity contribution in [3.8, 4) is 0 Å². The Labute approximate surface area is 118 Å². The highest BCUT2D eigenvalue weighted by atomic mass is 79.9. The van der Waals surface area contributed by atoms with Gasteiger partial charge in [0.2, 0.25) is 5.95 Å². The number of carbonyl (C=O) groups excluding carboxylic acids is 1. The van der Waals surface area contributed by atoms with Crippen molar-refractivity contribution >= 4 is 33.6 Å². The zero-order chi connectivity index (χ0) is 14.0. The predicted octanol–water partition coefficient (Wildman–Crippen LogP) is 2.09. The molecule has 0 aromatic carbocycles. The molecule has 0 radical (unpaired) electrons. The van der Waals surface area contributed by atoms with E-state index in [9.17, 15) is 4.79 Å². The van der Waals surface area contributed by atoms with E-state index in [2.05, 4.69) is 36.2 Å². The fraction of sp³-hybridized carbons (Fsp3) is 0.167. The molecule has 2 aromatic heterocycles. The summed E-state index contributed by atoms with van der Waals surface area (Å²) in [5.74, 6) is 0.0169. The molecule has 0 aliphatic heterocycles. The predicted molar refractivity (Wildman–Crippen MR) is 75.8 cm³/mol. The van der Waals surface area contributed by atoms with Crippen LogP contribution in [0.3, 0.4) is 0 Å². The monoisotopic (exact) mass is 321 g/mol. The van der Waals surface area contributed by atoms with E-state index >= 15 is 0 Å². The van der Waals surface area contributed by atoms with Crippen LogP contribution in [-0.2, 0) is 0 Å². The van der Waals surface area contributed by atoms with Crippen LogP contribution < -0.4 is 11.1 Å². The minimum Gasteiger partial charge on any atom is -0.383 e. The summed E-state index contributed by atoms with van der Waals surface area (Å²) in [6.07, 6.45) is 1.53. The van der Waals surface area contributed by atoms with E-state index in [4.69, 9.17) is 5.73 Å². The first-order valence-corrected chi connectivity index (χ1v) is 6.29. The molecule has 2 heterocycles. The van der Waals surface area contributed by atoms with Crippen LogP contribution in [0.25, 0.3) is 0 Å². The Morgan fingerprint density at radius 3 is 2.53 bits per heavy atom. The average Bonchev–Trinajstić information content (AvgIpc) is 2.30. The van der Waals surface area contributed by atoms with Gasteiger partial charge in [-0.25, -0.2) is 15.0 Å². The molecule has 3 N–H and O–H groups in total. The third kappa shape index (κ3) is 3.25. The number of aryl methyl sites for hydroxylation is 2. The van der Waals surface area contributed by atoms with Crippen LogP contribution in [0.1, 0.15) is 21.7 Å². The van der Waals surface area contributed by atoms with E-state index in [1.165, 1.54) is 6.20 Å². The minimum atomic E-state index is -0.392. The van der Waals surface area contributed by atoms with Gasteiger partial charge in [0.15, 0.2) is 0 Å². The molecule has 1 amide bonds. The molecule has 19 heavy (non-hydrogen) atoms. The number of carbonyl (C=O) groups is 1. The van der Waals surface area contributed by atoms with Crippen molar-refractivity contribution < 1.29 is 4.79 Å². The molecule has 0 aliphatic carbocycles. The Bertz CT molecular complexity index is 624. The number of aromatic nitrogens is 3. The molecule has 0 spiro atoms. The molecule has 0 saturated heterocycles. The minimum absolute atomic E-state index is 0.157. The van der Waals surface area contributed by atoms with Crippen molar-refractivity contribution in [3.05, 3.63) is 39.8 Å². The Hall–Kier alpha value is -2.02. The van der Waals surface area contributed by atoms with E-state index < -0.39 is 5.91 Å². The summed E-state index contributed by atoms with van der Waals surface area (Å²) in [6, 6.07) is 3.42. The molecule has 2 aromatic rings. The lowest BCUT2D eigenvalue weighted by atomic mass is 10.2. The van der Waals surface area contributed by atoms with Gasteiger partial charge in [-0.3, -0.25) is 10.1 Å². The maximum Gasteiger partial charge on any atom is 0.261 e. The maximum absolute atomic E-state index is 12.1. The number of nitrogens with zero attached hydrogens (tertiary/aromatic N) is 3. The summed E-state index contributed by atoms with van der Waals surface area (Å²) in [4.78, 5) is 24.3. The van der Waals surface area contributed by atoms with E-state index in [-0.39, 0.29) is 17.3 Å². The van der Waals surface area contributed by atoms with Gasteiger partial charge in [0, 0.05) is 22.1 Å². The first-order valence-electron chi connectivity index (χ1n) is 5.50. The Balaban J connectivity index is 2.28. The van der Waals surface area contributed by atoms with Crippen molar-refractivity contribution in [2.75, 3.05) is 11.1 Å². The average molecular weight is 322 g/mol.